The van der Waals surface area contributed by atoms with Crippen molar-refractivity contribution in [2.75, 3.05) is 11.9 Å². The average Bonchev–Trinajstić information content (AvgIpc) is 2.47. The highest BCUT2D eigenvalue weighted by Gasteiger charge is 2.07. The van der Waals surface area contributed by atoms with Crippen LogP contribution >= 0.6 is 0 Å². The van der Waals surface area contributed by atoms with E-state index in [2.05, 4.69) is 10.3 Å². The molecule has 5 heteroatoms. The van der Waals surface area contributed by atoms with E-state index in [-0.39, 0.29) is 12.1 Å². The molecule has 20 heavy (non-hydrogen) atoms. The monoisotopic (exact) mass is 278 g/mol. The Labute approximate surface area is 116 Å². The number of benzene rings is 1. The Hall–Kier alpha value is -2.17. The van der Waals surface area contributed by atoms with E-state index < -0.39 is 11.6 Å². The van der Waals surface area contributed by atoms with Crippen LogP contribution in [-0.4, -0.2) is 11.6 Å². The Balaban J connectivity index is 2.08. The SMILES string of the molecule is CCCOc1cccnc1NCc1cc(F)ccc1F. The second-order valence-electron chi connectivity index (χ2n) is 4.29. The number of hydrogen-bond acceptors (Lipinski definition) is 3. The van der Waals surface area contributed by atoms with Crippen LogP contribution in [0.4, 0.5) is 14.6 Å². The van der Waals surface area contributed by atoms with Crippen LogP contribution in [0, 0.1) is 11.6 Å². The minimum Gasteiger partial charge on any atom is -0.490 e. The molecule has 0 saturated heterocycles. The highest BCUT2D eigenvalue weighted by molar-refractivity contribution is 5.49. The third-order valence-electron chi connectivity index (χ3n) is 2.69. The van der Waals surface area contributed by atoms with E-state index in [9.17, 15) is 8.78 Å². The van der Waals surface area contributed by atoms with Gasteiger partial charge in [0.15, 0.2) is 11.6 Å². The van der Waals surface area contributed by atoms with Crippen molar-refractivity contribution in [3.8, 4) is 5.75 Å². The molecule has 2 aromatic rings. The van der Waals surface area contributed by atoms with Gasteiger partial charge >= 0.3 is 0 Å². The quantitative estimate of drug-likeness (QED) is 0.873. The molecular formula is C15H16F2N2O. The number of nitrogens with zero attached hydrogens (tertiary/aromatic N) is 1. The fourth-order valence-electron chi connectivity index (χ4n) is 1.71. The fourth-order valence-corrected chi connectivity index (χ4v) is 1.71. The second kappa shape index (κ2) is 6.84. The van der Waals surface area contributed by atoms with Crippen molar-refractivity contribution in [1.82, 2.24) is 4.98 Å². The normalized spacial score (nSPS) is 10.3. The molecule has 0 spiro atoms. The first kappa shape index (κ1) is 14.2. The van der Waals surface area contributed by atoms with Crippen LogP contribution in [0.15, 0.2) is 36.5 Å². The zero-order chi connectivity index (χ0) is 14.4. The predicted octanol–water partition coefficient (Wildman–Crippen LogP) is 3.76. The van der Waals surface area contributed by atoms with Gasteiger partial charge in [-0.3, -0.25) is 0 Å². The lowest BCUT2D eigenvalue weighted by molar-refractivity contribution is 0.318. The van der Waals surface area contributed by atoms with Crippen molar-refractivity contribution in [2.24, 2.45) is 0 Å². The van der Waals surface area contributed by atoms with Gasteiger partial charge in [0.1, 0.15) is 11.6 Å². The summed E-state index contributed by atoms with van der Waals surface area (Å²) in [4.78, 5) is 4.15. The number of halogens is 2. The van der Waals surface area contributed by atoms with Crippen LogP contribution in [0.2, 0.25) is 0 Å². The molecule has 0 fully saturated rings. The lowest BCUT2D eigenvalue weighted by Crippen LogP contribution is -2.06. The summed E-state index contributed by atoms with van der Waals surface area (Å²) in [5.41, 5.74) is 0.247. The van der Waals surface area contributed by atoms with Crippen molar-refractivity contribution in [3.05, 3.63) is 53.7 Å². The molecule has 0 amide bonds. The first-order valence-corrected chi connectivity index (χ1v) is 6.46. The Bertz CT molecular complexity index is 576. The zero-order valence-corrected chi connectivity index (χ0v) is 11.2. The molecule has 2 rings (SSSR count). The van der Waals surface area contributed by atoms with E-state index in [0.29, 0.717) is 18.2 Å². The van der Waals surface area contributed by atoms with Crippen LogP contribution in [-0.2, 0) is 6.54 Å². The van der Waals surface area contributed by atoms with Crippen LogP contribution < -0.4 is 10.1 Å². The van der Waals surface area contributed by atoms with Crippen LogP contribution in [0.3, 0.4) is 0 Å². The summed E-state index contributed by atoms with van der Waals surface area (Å²) in [5, 5.41) is 2.96. The number of aromatic nitrogens is 1. The number of hydrogen-bond donors (Lipinski definition) is 1. The third-order valence-corrected chi connectivity index (χ3v) is 2.69. The number of pyridine rings is 1. The molecule has 0 saturated carbocycles. The lowest BCUT2D eigenvalue weighted by Gasteiger charge is -2.12. The molecule has 106 valence electrons. The summed E-state index contributed by atoms with van der Waals surface area (Å²) >= 11 is 0. The van der Waals surface area contributed by atoms with Gasteiger partial charge in [0.25, 0.3) is 0 Å². The molecule has 0 bridgehead atoms. The molecule has 0 aliphatic heterocycles. The molecular weight excluding hydrogens is 262 g/mol. The van der Waals surface area contributed by atoms with Gasteiger partial charge in [0.2, 0.25) is 0 Å². The summed E-state index contributed by atoms with van der Waals surface area (Å²) in [6.45, 7) is 2.73. The van der Waals surface area contributed by atoms with Gasteiger partial charge in [0, 0.05) is 18.3 Å². The first-order valence-electron chi connectivity index (χ1n) is 6.46. The summed E-state index contributed by atoms with van der Waals surface area (Å²) in [7, 11) is 0. The molecule has 1 heterocycles. The predicted molar refractivity (Wildman–Crippen MR) is 73.7 cm³/mol. The van der Waals surface area contributed by atoms with E-state index in [1.54, 1.807) is 18.3 Å². The van der Waals surface area contributed by atoms with Crippen LogP contribution in [0.5, 0.6) is 5.75 Å². The van der Waals surface area contributed by atoms with Gasteiger partial charge in [0.05, 0.1) is 6.61 Å². The topological polar surface area (TPSA) is 34.1 Å². The molecule has 0 aliphatic rings. The van der Waals surface area contributed by atoms with Gasteiger partial charge in [-0.25, -0.2) is 13.8 Å². The van der Waals surface area contributed by atoms with Gasteiger partial charge in [-0.15, -0.1) is 0 Å². The summed E-state index contributed by atoms with van der Waals surface area (Å²) in [6.07, 6.45) is 2.50. The standard InChI is InChI=1S/C15H16F2N2O/c1-2-8-20-14-4-3-7-18-15(14)19-10-11-9-12(16)5-6-13(11)17/h3-7,9H,2,8,10H2,1H3,(H,18,19). The Kier molecular flexibility index (Phi) is 4.87. The minimum atomic E-state index is -0.466. The molecule has 3 nitrogen and oxygen atoms in total. The zero-order valence-electron chi connectivity index (χ0n) is 11.2. The van der Waals surface area contributed by atoms with Crippen LogP contribution in [0.1, 0.15) is 18.9 Å². The maximum Gasteiger partial charge on any atom is 0.169 e. The number of rotatable bonds is 6. The molecule has 1 aromatic heterocycles. The minimum absolute atomic E-state index is 0.142. The summed E-state index contributed by atoms with van der Waals surface area (Å²) < 4.78 is 32.1. The Morgan fingerprint density at radius 3 is 2.90 bits per heavy atom. The number of anilines is 1. The van der Waals surface area contributed by atoms with Crippen molar-refractivity contribution in [2.45, 2.75) is 19.9 Å². The van der Waals surface area contributed by atoms with E-state index in [1.807, 2.05) is 6.92 Å². The largest absolute Gasteiger partial charge is 0.490 e. The van der Waals surface area contributed by atoms with Gasteiger partial charge < -0.3 is 10.1 Å². The average molecular weight is 278 g/mol. The fraction of sp³-hybridized carbons (Fsp3) is 0.267. The molecule has 0 radical (unpaired) electrons. The molecule has 1 aromatic carbocycles. The lowest BCUT2D eigenvalue weighted by atomic mass is 10.2. The highest BCUT2D eigenvalue weighted by atomic mass is 19.1. The van der Waals surface area contributed by atoms with Gasteiger partial charge in [-0.1, -0.05) is 6.92 Å². The van der Waals surface area contributed by atoms with E-state index in [1.165, 1.54) is 0 Å². The van der Waals surface area contributed by atoms with Crippen molar-refractivity contribution in [1.29, 1.82) is 0 Å². The van der Waals surface area contributed by atoms with E-state index in [4.69, 9.17) is 4.74 Å². The van der Waals surface area contributed by atoms with Crippen molar-refractivity contribution >= 4 is 5.82 Å². The molecule has 0 unspecified atom stereocenters. The molecule has 1 N–H and O–H groups in total. The summed E-state index contributed by atoms with van der Waals surface area (Å²) in [6, 6.07) is 6.92. The van der Waals surface area contributed by atoms with Gasteiger partial charge in [-0.05, 0) is 36.8 Å². The maximum atomic E-state index is 13.5. The molecule has 0 aliphatic carbocycles. The van der Waals surface area contributed by atoms with E-state index >= 15 is 0 Å². The Morgan fingerprint density at radius 1 is 1.25 bits per heavy atom. The number of ether oxygens (including phenoxy) is 1. The van der Waals surface area contributed by atoms with E-state index in [0.717, 1.165) is 24.6 Å². The highest BCUT2D eigenvalue weighted by Crippen LogP contribution is 2.22. The second-order valence-corrected chi connectivity index (χ2v) is 4.29. The summed E-state index contributed by atoms with van der Waals surface area (Å²) in [5.74, 6) is 0.202. The maximum absolute atomic E-state index is 13.5. The smallest absolute Gasteiger partial charge is 0.169 e. The number of nitrogens with one attached hydrogen (secondary N) is 1. The van der Waals surface area contributed by atoms with Crippen LogP contribution in [0.25, 0.3) is 0 Å². The van der Waals surface area contributed by atoms with Crippen molar-refractivity contribution in [3.63, 3.8) is 0 Å². The Morgan fingerprint density at radius 2 is 2.10 bits per heavy atom. The first-order chi connectivity index (χ1) is 9.70. The van der Waals surface area contributed by atoms with Gasteiger partial charge in [-0.2, -0.15) is 0 Å². The third kappa shape index (κ3) is 3.66. The molecule has 0 atom stereocenters. The van der Waals surface area contributed by atoms with Crippen molar-refractivity contribution < 1.29 is 13.5 Å².